The lowest BCUT2D eigenvalue weighted by molar-refractivity contribution is 0.615. The Morgan fingerprint density at radius 1 is 1.33 bits per heavy atom. The number of hydrogen-bond acceptors (Lipinski definition) is 2. The van der Waals surface area contributed by atoms with Crippen LogP contribution in [-0.4, -0.2) is 16.1 Å². The van der Waals surface area contributed by atoms with E-state index in [4.69, 9.17) is 23.2 Å². The molecule has 94 valence electrons. The minimum atomic E-state index is 0.350. The van der Waals surface area contributed by atoms with Crippen molar-refractivity contribution < 1.29 is 0 Å². The molecule has 0 bridgehead atoms. The van der Waals surface area contributed by atoms with Crippen LogP contribution in [0.4, 0.5) is 0 Å². The summed E-state index contributed by atoms with van der Waals surface area (Å²) >= 11 is 12.3. The van der Waals surface area contributed by atoms with Crippen molar-refractivity contribution in [3.8, 4) is 5.69 Å². The highest BCUT2D eigenvalue weighted by Crippen LogP contribution is 2.29. The molecular formula is C13H13Cl2N3. The van der Waals surface area contributed by atoms with Crippen molar-refractivity contribution in [3.05, 3.63) is 46.5 Å². The number of nitrogens with zero attached hydrogens (tertiary/aromatic N) is 2. The lowest BCUT2D eigenvalue weighted by Crippen LogP contribution is -2.16. The molecule has 2 heterocycles. The van der Waals surface area contributed by atoms with Gasteiger partial charge in [0, 0.05) is 11.1 Å². The monoisotopic (exact) mass is 281 g/mol. The van der Waals surface area contributed by atoms with Gasteiger partial charge < -0.3 is 9.88 Å². The summed E-state index contributed by atoms with van der Waals surface area (Å²) in [5.41, 5.74) is 2.02. The minimum Gasteiger partial charge on any atom is -0.309 e. The Hall–Kier alpha value is -1.03. The van der Waals surface area contributed by atoms with Gasteiger partial charge in [-0.15, -0.1) is 0 Å². The molecule has 1 unspecified atom stereocenters. The Bertz CT molecular complexity index is 559. The minimum absolute atomic E-state index is 0.350. The molecule has 1 aromatic heterocycles. The second-order valence-corrected chi connectivity index (χ2v) is 5.28. The molecule has 3 rings (SSSR count). The number of aromatic nitrogens is 2. The van der Waals surface area contributed by atoms with Crippen molar-refractivity contribution in [1.29, 1.82) is 0 Å². The van der Waals surface area contributed by atoms with E-state index in [0.29, 0.717) is 16.1 Å². The molecule has 0 spiro atoms. The summed E-state index contributed by atoms with van der Waals surface area (Å²) in [6.07, 6.45) is 6.00. The van der Waals surface area contributed by atoms with Crippen molar-refractivity contribution in [2.75, 3.05) is 6.54 Å². The second kappa shape index (κ2) is 4.92. The molecule has 5 heteroatoms. The fourth-order valence-electron chi connectivity index (χ4n) is 2.37. The maximum atomic E-state index is 6.24. The quantitative estimate of drug-likeness (QED) is 0.912. The first-order valence-corrected chi connectivity index (χ1v) is 6.72. The Labute approximate surface area is 116 Å². The summed E-state index contributed by atoms with van der Waals surface area (Å²) in [5.74, 6) is 0. The molecule has 1 N–H and O–H groups in total. The van der Waals surface area contributed by atoms with Crippen LogP contribution in [0, 0.1) is 0 Å². The molecule has 1 aliphatic heterocycles. The first-order chi connectivity index (χ1) is 8.75. The molecule has 1 fully saturated rings. The summed E-state index contributed by atoms with van der Waals surface area (Å²) in [7, 11) is 0. The number of benzene rings is 1. The average Bonchev–Trinajstić information content (AvgIpc) is 3.00. The Balaban J connectivity index is 2.06. The van der Waals surface area contributed by atoms with Gasteiger partial charge in [0.25, 0.3) is 0 Å². The molecule has 2 aromatic rings. The zero-order valence-electron chi connectivity index (χ0n) is 9.74. The topological polar surface area (TPSA) is 29.9 Å². The lowest BCUT2D eigenvalue weighted by atomic mass is 10.1. The molecule has 1 aliphatic rings. The summed E-state index contributed by atoms with van der Waals surface area (Å²) in [4.78, 5) is 4.24. The van der Waals surface area contributed by atoms with Crippen molar-refractivity contribution in [2.24, 2.45) is 0 Å². The first kappa shape index (κ1) is 12.0. The molecule has 1 aromatic carbocycles. The lowest BCUT2D eigenvalue weighted by Gasteiger charge is -2.15. The van der Waals surface area contributed by atoms with Gasteiger partial charge in [0.05, 0.1) is 28.9 Å². The van der Waals surface area contributed by atoms with Gasteiger partial charge in [-0.3, -0.25) is 0 Å². The van der Waals surface area contributed by atoms with Crippen molar-refractivity contribution in [3.63, 3.8) is 0 Å². The van der Waals surface area contributed by atoms with E-state index in [1.165, 1.54) is 6.42 Å². The van der Waals surface area contributed by atoms with Gasteiger partial charge >= 0.3 is 0 Å². The van der Waals surface area contributed by atoms with Crippen molar-refractivity contribution >= 4 is 23.2 Å². The Morgan fingerprint density at radius 2 is 2.22 bits per heavy atom. The summed E-state index contributed by atoms with van der Waals surface area (Å²) < 4.78 is 2.01. The van der Waals surface area contributed by atoms with E-state index < -0.39 is 0 Å². The molecule has 18 heavy (non-hydrogen) atoms. The molecule has 3 nitrogen and oxygen atoms in total. The highest BCUT2D eigenvalue weighted by molar-refractivity contribution is 6.34. The van der Waals surface area contributed by atoms with E-state index in [1.54, 1.807) is 12.4 Å². The summed E-state index contributed by atoms with van der Waals surface area (Å²) in [5, 5.41) is 4.82. The fourth-order valence-corrected chi connectivity index (χ4v) is 2.75. The molecule has 1 saturated heterocycles. The van der Waals surface area contributed by atoms with E-state index in [0.717, 1.165) is 24.3 Å². The normalized spacial score (nSPS) is 19.3. The van der Waals surface area contributed by atoms with Crippen LogP contribution in [0.25, 0.3) is 5.69 Å². The van der Waals surface area contributed by atoms with E-state index in [9.17, 15) is 0 Å². The van der Waals surface area contributed by atoms with E-state index in [-0.39, 0.29) is 0 Å². The summed E-state index contributed by atoms with van der Waals surface area (Å²) in [6, 6.07) is 5.81. The van der Waals surface area contributed by atoms with Crippen LogP contribution in [0.2, 0.25) is 10.0 Å². The maximum absolute atomic E-state index is 6.24. The van der Waals surface area contributed by atoms with Crippen LogP contribution in [0.15, 0.2) is 30.7 Å². The summed E-state index contributed by atoms with van der Waals surface area (Å²) in [6.45, 7) is 1.05. The van der Waals surface area contributed by atoms with Crippen LogP contribution in [0.3, 0.4) is 0 Å². The fraction of sp³-hybridized carbons (Fsp3) is 0.308. The van der Waals surface area contributed by atoms with Gasteiger partial charge in [0.1, 0.15) is 0 Å². The number of hydrogen-bond donors (Lipinski definition) is 1. The standard InChI is InChI=1S/C13H13Cl2N3/c14-9-3-4-10(15)12(6-9)18-8-16-7-13(18)11-2-1-5-17-11/h3-4,6-8,11,17H,1-2,5H2. The second-order valence-electron chi connectivity index (χ2n) is 4.43. The van der Waals surface area contributed by atoms with Crippen LogP contribution >= 0.6 is 23.2 Å². The number of nitrogens with one attached hydrogen (secondary N) is 1. The number of imidazole rings is 1. The van der Waals surface area contributed by atoms with Crippen LogP contribution in [0.1, 0.15) is 24.6 Å². The Kier molecular flexibility index (Phi) is 3.29. The van der Waals surface area contributed by atoms with Crippen molar-refractivity contribution in [2.45, 2.75) is 18.9 Å². The van der Waals surface area contributed by atoms with E-state index in [2.05, 4.69) is 10.3 Å². The van der Waals surface area contributed by atoms with Crippen molar-refractivity contribution in [1.82, 2.24) is 14.9 Å². The van der Waals surface area contributed by atoms with E-state index in [1.807, 2.05) is 22.9 Å². The SMILES string of the molecule is Clc1ccc(Cl)c(-n2cncc2C2CCCN2)c1. The van der Waals surface area contributed by atoms with Gasteiger partial charge in [0.2, 0.25) is 0 Å². The predicted octanol–water partition coefficient (Wildman–Crippen LogP) is 3.60. The molecule has 0 aliphatic carbocycles. The third-order valence-electron chi connectivity index (χ3n) is 3.25. The highest BCUT2D eigenvalue weighted by atomic mass is 35.5. The predicted molar refractivity (Wildman–Crippen MR) is 73.6 cm³/mol. The van der Waals surface area contributed by atoms with Gasteiger partial charge in [0.15, 0.2) is 0 Å². The average molecular weight is 282 g/mol. The van der Waals surface area contributed by atoms with E-state index >= 15 is 0 Å². The number of halogens is 2. The zero-order chi connectivity index (χ0) is 12.5. The van der Waals surface area contributed by atoms with Gasteiger partial charge in [-0.2, -0.15) is 0 Å². The van der Waals surface area contributed by atoms with Gasteiger partial charge in [-0.1, -0.05) is 23.2 Å². The zero-order valence-corrected chi connectivity index (χ0v) is 11.2. The number of rotatable bonds is 2. The first-order valence-electron chi connectivity index (χ1n) is 5.97. The van der Waals surface area contributed by atoms with Crippen LogP contribution < -0.4 is 5.32 Å². The molecule has 0 amide bonds. The molecule has 0 saturated carbocycles. The van der Waals surface area contributed by atoms with Gasteiger partial charge in [-0.25, -0.2) is 4.98 Å². The largest absolute Gasteiger partial charge is 0.309 e. The van der Waals surface area contributed by atoms with Gasteiger partial charge in [-0.05, 0) is 37.6 Å². The Morgan fingerprint density at radius 3 is 3.00 bits per heavy atom. The molecule has 1 atom stereocenters. The third-order valence-corrected chi connectivity index (χ3v) is 3.81. The smallest absolute Gasteiger partial charge is 0.0995 e. The van der Waals surface area contributed by atoms with Crippen LogP contribution in [0.5, 0.6) is 0 Å². The maximum Gasteiger partial charge on any atom is 0.0995 e. The highest BCUT2D eigenvalue weighted by Gasteiger charge is 2.21. The van der Waals surface area contributed by atoms with Crippen LogP contribution in [-0.2, 0) is 0 Å². The third kappa shape index (κ3) is 2.14. The molecular weight excluding hydrogens is 269 g/mol. The molecule has 0 radical (unpaired) electrons.